The molecule has 3 N–H and O–H groups in total. The van der Waals surface area contributed by atoms with Crippen LogP contribution in [-0.2, 0) is 4.79 Å². The van der Waals surface area contributed by atoms with Gasteiger partial charge in [0.2, 0.25) is 0 Å². The average molecular weight is 359 g/mol. The van der Waals surface area contributed by atoms with Gasteiger partial charge < -0.3 is 4.98 Å². The number of aromatic nitrogens is 1. The number of benzene rings is 2. The van der Waals surface area contributed by atoms with Gasteiger partial charge in [-0.2, -0.15) is 0 Å². The Morgan fingerprint density at radius 3 is 2.52 bits per heavy atom. The van der Waals surface area contributed by atoms with E-state index < -0.39 is 16.6 Å². The molecule has 0 saturated heterocycles. The second-order valence-corrected chi connectivity index (χ2v) is 5.54. The van der Waals surface area contributed by atoms with E-state index in [1.54, 1.807) is 18.2 Å². The molecule has 1 aromatic heterocycles. The summed E-state index contributed by atoms with van der Waals surface area (Å²) < 4.78 is 0. The van der Waals surface area contributed by atoms with E-state index in [9.17, 15) is 19.7 Å². The summed E-state index contributed by atoms with van der Waals surface area (Å²) in [5.41, 5.74) is 5.99. The molecule has 3 rings (SSSR count). The topological polar surface area (TPSA) is 117 Å². The molecule has 25 heavy (non-hydrogen) atoms. The lowest BCUT2D eigenvalue weighted by Crippen LogP contribution is -2.35. The van der Waals surface area contributed by atoms with Crippen molar-refractivity contribution in [3.8, 4) is 0 Å². The van der Waals surface area contributed by atoms with Crippen molar-refractivity contribution < 1.29 is 14.5 Å². The first-order valence-corrected chi connectivity index (χ1v) is 7.45. The number of halogens is 1. The van der Waals surface area contributed by atoms with Crippen LogP contribution in [0.3, 0.4) is 0 Å². The van der Waals surface area contributed by atoms with Crippen molar-refractivity contribution in [2.45, 2.75) is 0 Å². The first-order valence-electron chi connectivity index (χ1n) is 7.07. The van der Waals surface area contributed by atoms with Gasteiger partial charge in [-0.15, -0.1) is 0 Å². The van der Waals surface area contributed by atoms with Crippen LogP contribution in [0.5, 0.6) is 0 Å². The number of H-pyrrole nitrogens is 1. The number of amides is 1. The number of carbonyl (C=O) groups is 2. The standard InChI is InChI=1S/C16H11ClN4O4/c17-9-1-6-14-12(7-9)13(8-18-14)15(22)16(23)20-19-10-2-4-11(5-3-10)21(24)25/h1-8,18-19H,(H,20,23). The lowest BCUT2D eigenvalue weighted by molar-refractivity contribution is -0.384. The van der Waals surface area contributed by atoms with Gasteiger partial charge in [0.15, 0.2) is 0 Å². The molecule has 0 bridgehead atoms. The third-order valence-corrected chi connectivity index (χ3v) is 3.73. The molecule has 0 aliphatic rings. The van der Waals surface area contributed by atoms with E-state index in [1.807, 2.05) is 0 Å². The summed E-state index contributed by atoms with van der Waals surface area (Å²) >= 11 is 5.92. The summed E-state index contributed by atoms with van der Waals surface area (Å²) in [4.78, 5) is 37.3. The zero-order chi connectivity index (χ0) is 18.0. The Hall–Kier alpha value is -3.39. The van der Waals surface area contributed by atoms with Gasteiger partial charge in [-0.3, -0.25) is 30.6 Å². The number of hydrogen-bond donors (Lipinski definition) is 3. The van der Waals surface area contributed by atoms with Gasteiger partial charge in [-0.1, -0.05) is 11.6 Å². The maximum atomic E-state index is 12.3. The number of Topliss-reactive ketones (excluding diaryl/α,β-unsaturated/α-hetero) is 1. The fourth-order valence-corrected chi connectivity index (χ4v) is 2.43. The first-order chi connectivity index (χ1) is 12.0. The molecule has 0 fully saturated rings. The number of carbonyl (C=O) groups excluding carboxylic acids is 2. The first kappa shape index (κ1) is 16.5. The Labute approximate surface area is 145 Å². The zero-order valence-corrected chi connectivity index (χ0v) is 13.3. The Morgan fingerprint density at radius 1 is 1.12 bits per heavy atom. The minimum atomic E-state index is -0.876. The van der Waals surface area contributed by atoms with Crippen LogP contribution in [0.4, 0.5) is 11.4 Å². The molecule has 0 atom stereocenters. The van der Waals surface area contributed by atoms with Crippen molar-refractivity contribution in [2.24, 2.45) is 0 Å². The zero-order valence-electron chi connectivity index (χ0n) is 12.6. The SMILES string of the molecule is O=C(NNc1ccc([N+](=O)[O-])cc1)C(=O)c1c[nH]c2ccc(Cl)cc12. The molecule has 9 heteroatoms. The number of anilines is 1. The van der Waals surface area contributed by atoms with Crippen molar-refractivity contribution in [1.82, 2.24) is 10.4 Å². The molecule has 2 aromatic carbocycles. The highest BCUT2D eigenvalue weighted by atomic mass is 35.5. The van der Waals surface area contributed by atoms with Crippen LogP contribution in [0.15, 0.2) is 48.7 Å². The highest BCUT2D eigenvalue weighted by molar-refractivity contribution is 6.45. The fraction of sp³-hybridized carbons (Fsp3) is 0. The number of non-ortho nitro benzene ring substituents is 1. The summed E-state index contributed by atoms with van der Waals surface area (Å²) in [7, 11) is 0. The van der Waals surface area contributed by atoms with Gasteiger partial charge in [0, 0.05) is 34.3 Å². The number of fused-ring (bicyclic) bond motifs is 1. The largest absolute Gasteiger partial charge is 0.360 e. The van der Waals surface area contributed by atoms with Crippen LogP contribution in [0.25, 0.3) is 10.9 Å². The molecule has 0 radical (unpaired) electrons. The van der Waals surface area contributed by atoms with E-state index in [0.29, 0.717) is 21.6 Å². The molecule has 3 aromatic rings. The van der Waals surface area contributed by atoms with Crippen LogP contribution >= 0.6 is 11.6 Å². The minimum Gasteiger partial charge on any atom is -0.360 e. The Balaban J connectivity index is 1.71. The second-order valence-electron chi connectivity index (χ2n) is 5.10. The van der Waals surface area contributed by atoms with Gasteiger partial charge in [-0.05, 0) is 30.3 Å². The number of nitrogens with zero attached hydrogens (tertiary/aromatic N) is 1. The predicted molar refractivity (Wildman–Crippen MR) is 92.5 cm³/mol. The maximum absolute atomic E-state index is 12.3. The molecule has 1 amide bonds. The lowest BCUT2D eigenvalue weighted by Gasteiger charge is -2.07. The van der Waals surface area contributed by atoms with Gasteiger partial charge in [-0.25, -0.2) is 0 Å². The van der Waals surface area contributed by atoms with E-state index in [-0.39, 0.29) is 11.3 Å². The molecule has 0 spiro atoms. The van der Waals surface area contributed by atoms with E-state index in [2.05, 4.69) is 15.8 Å². The fourth-order valence-electron chi connectivity index (χ4n) is 2.26. The minimum absolute atomic E-state index is 0.0800. The molecule has 0 aliphatic carbocycles. The lowest BCUT2D eigenvalue weighted by atomic mass is 10.1. The molecular weight excluding hydrogens is 348 g/mol. The van der Waals surface area contributed by atoms with Crippen LogP contribution in [0.1, 0.15) is 10.4 Å². The van der Waals surface area contributed by atoms with Gasteiger partial charge in [0.25, 0.3) is 11.5 Å². The third kappa shape index (κ3) is 3.43. The smallest absolute Gasteiger partial charge is 0.310 e. The van der Waals surface area contributed by atoms with Crippen molar-refractivity contribution in [2.75, 3.05) is 5.43 Å². The maximum Gasteiger partial charge on any atom is 0.310 e. The summed E-state index contributed by atoms with van der Waals surface area (Å²) in [6, 6.07) is 10.3. The normalized spacial score (nSPS) is 10.4. The number of ketones is 1. The van der Waals surface area contributed by atoms with Crippen molar-refractivity contribution in [1.29, 1.82) is 0 Å². The summed E-state index contributed by atoms with van der Waals surface area (Å²) in [5.74, 6) is -1.62. The number of hydrogen-bond acceptors (Lipinski definition) is 5. The van der Waals surface area contributed by atoms with Gasteiger partial charge in [0.1, 0.15) is 0 Å². The summed E-state index contributed by atoms with van der Waals surface area (Å²) in [6.07, 6.45) is 1.44. The average Bonchev–Trinajstić information content (AvgIpc) is 3.02. The quantitative estimate of drug-likeness (QED) is 0.280. The predicted octanol–water partition coefficient (Wildman–Crippen LogP) is 3.06. The van der Waals surface area contributed by atoms with E-state index in [4.69, 9.17) is 11.6 Å². The van der Waals surface area contributed by atoms with E-state index >= 15 is 0 Å². The van der Waals surface area contributed by atoms with Crippen LogP contribution in [0, 0.1) is 10.1 Å². The second kappa shape index (κ2) is 6.62. The number of nitrogens with one attached hydrogen (secondary N) is 3. The van der Waals surface area contributed by atoms with Gasteiger partial charge >= 0.3 is 5.91 Å². The highest BCUT2D eigenvalue weighted by Gasteiger charge is 2.20. The number of nitro benzene ring substituents is 1. The number of hydrazine groups is 1. The van der Waals surface area contributed by atoms with Crippen molar-refractivity contribution in [3.63, 3.8) is 0 Å². The number of nitro groups is 1. The Bertz CT molecular complexity index is 981. The number of aromatic amines is 1. The third-order valence-electron chi connectivity index (χ3n) is 3.49. The van der Waals surface area contributed by atoms with Gasteiger partial charge in [0.05, 0.1) is 16.2 Å². The summed E-state index contributed by atoms with van der Waals surface area (Å²) in [6.45, 7) is 0. The number of rotatable bonds is 5. The Kier molecular flexibility index (Phi) is 4.36. The molecule has 1 heterocycles. The molecule has 0 saturated carbocycles. The monoisotopic (exact) mass is 358 g/mol. The molecule has 8 nitrogen and oxygen atoms in total. The molecular formula is C16H11ClN4O4. The molecule has 0 unspecified atom stereocenters. The van der Waals surface area contributed by atoms with E-state index in [0.717, 1.165) is 0 Å². The van der Waals surface area contributed by atoms with E-state index in [1.165, 1.54) is 30.5 Å². The Morgan fingerprint density at radius 2 is 1.84 bits per heavy atom. The van der Waals surface area contributed by atoms with Crippen molar-refractivity contribution in [3.05, 3.63) is 69.4 Å². The molecule has 0 aliphatic heterocycles. The summed E-state index contributed by atoms with van der Waals surface area (Å²) in [5, 5.41) is 11.6. The van der Waals surface area contributed by atoms with Crippen molar-refractivity contribution >= 4 is 45.6 Å². The highest BCUT2D eigenvalue weighted by Crippen LogP contribution is 2.22. The molecule has 126 valence electrons. The van der Waals surface area contributed by atoms with Crippen LogP contribution in [-0.4, -0.2) is 21.6 Å². The van der Waals surface area contributed by atoms with Crippen LogP contribution in [0.2, 0.25) is 5.02 Å². The van der Waals surface area contributed by atoms with Crippen LogP contribution < -0.4 is 10.9 Å².